The van der Waals surface area contributed by atoms with E-state index in [-0.39, 0.29) is 22.5 Å². The van der Waals surface area contributed by atoms with Crippen molar-refractivity contribution in [2.24, 2.45) is 0 Å². The SMILES string of the molecule is CC(NCc1csc(C(=O)O)n1)C(=O)NC(C)(C)C. The first-order valence-corrected chi connectivity index (χ1v) is 6.80. The Bertz CT molecular complexity index is 465. The van der Waals surface area contributed by atoms with Crippen molar-refractivity contribution in [2.45, 2.75) is 45.8 Å². The number of thiazole rings is 1. The summed E-state index contributed by atoms with van der Waals surface area (Å²) in [4.78, 5) is 26.4. The van der Waals surface area contributed by atoms with Crippen LogP contribution in [0, 0.1) is 0 Å². The van der Waals surface area contributed by atoms with Crippen molar-refractivity contribution in [1.82, 2.24) is 15.6 Å². The van der Waals surface area contributed by atoms with Crippen LogP contribution in [0.5, 0.6) is 0 Å². The van der Waals surface area contributed by atoms with E-state index < -0.39 is 5.97 Å². The van der Waals surface area contributed by atoms with E-state index >= 15 is 0 Å². The van der Waals surface area contributed by atoms with Crippen LogP contribution in [0.25, 0.3) is 0 Å². The predicted molar refractivity (Wildman–Crippen MR) is 73.3 cm³/mol. The largest absolute Gasteiger partial charge is 0.476 e. The summed E-state index contributed by atoms with van der Waals surface area (Å²) in [6.07, 6.45) is 0. The van der Waals surface area contributed by atoms with Crippen molar-refractivity contribution in [3.05, 3.63) is 16.1 Å². The van der Waals surface area contributed by atoms with Crippen LogP contribution in [-0.2, 0) is 11.3 Å². The van der Waals surface area contributed by atoms with Crippen molar-refractivity contribution in [2.75, 3.05) is 0 Å². The Morgan fingerprint density at radius 1 is 1.47 bits per heavy atom. The molecule has 7 heteroatoms. The molecule has 0 radical (unpaired) electrons. The average molecular weight is 285 g/mol. The molecule has 0 aliphatic carbocycles. The zero-order valence-corrected chi connectivity index (χ0v) is 12.3. The maximum Gasteiger partial charge on any atom is 0.365 e. The monoisotopic (exact) mass is 285 g/mol. The summed E-state index contributed by atoms with van der Waals surface area (Å²) in [6, 6.07) is -0.366. The quantitative estimate of drug-likeness (QED) is 0.757. The van der Waals surface area contributed by atoms with Crippen LogP contribution in [0.4, 0.5) is 0 Å². The zero-order valence-electron chi connectivity index (χ0n) is 11.5. The van der Waals surface area contributed by atoms with Gasteiger partial charge in [-0.15, -0.1) is 11.3 Å². The van der Waals surface area contributed by atoms with Gasteiger partial charge in [0.05, 0.1) is 11.7 Å². The van der Waals surface area contributed by atoms with Gasteiger partial charge in [0.25, 0.3) is 0 Å². The van der Waals surface area contributed by atoms with E-state index in [1.165, 1.54) is 0 Å². The number of aromatic nitrogens is 1. The third-order valence-corrected chi connectivity index (χ3v) is 3.09. The number of carboxylic acids is 1. The normalized spacial score (nSPS) is 13.1. The van der Waals surface area contributed by atoms with E-state index in [1.807, 2.05) is 20.8 Å². The Labute approximate surface area is 116 Å². The molecule has 0 saturated heterocycles. The minimum absolute atomic E-state index is 0.0589. The highest BCUT2D eigenvalue weighted by molar-refractivity contribution is 7.11. The molecule has 6 nitrogen and oxygen atoms in total. The number of amides is 1. The van der Waals surface area contributed by atoms with Gasteiger partial charge in [-0.1, -0.05) is 0 Å². The lowest BCUT2D eigenvalue weighted by Crippen LogP contribution is -2.49. The molecule has 0 spiro atoms. The number of nitrogens with one attached hydrogen (secondary N) is 2. The molecule has 1 heterocycles. The molecular weight excluding hydrogens is 266 g/mol. The lowest BCUT2D eigenvalue weighted by atomic mass is 10.1. The molecule has 0 aliphatic heterocycles. The predicted octanol–water partition coefficient (Wildman–Crippen LogP) is 1.23. The van der Waals surface area contributed by atoms with E-state index in [4.69, 9.17) is 5.11 Å². The lowest BCUT2D eigenvalue weighted by molar-refractivity contribution is -0.124. The average Bonchev–Trinajstić information content (AvgIpc) is 2.72. The number of carbonyl (C=O) groups excluding carboxylic acids is 1. The Balaban J connectivity index is 2.47. The van der Waals surface area contributed by atoms with Gasteiger partial charge in [0.1, 0.15) is 0 Å². The molecule has 0 saturated carbocycles. The molecule has 1 aromatic rings. The minimum Gasteiger partial charge on any atom is -0.476 e. The first kappa shape index (κ1) is 15.6. The Morgan fingerprint density at radius 3 is 2.58 bits per heavy atom. The molecule has 1 atom stereocenters. The summed E-state index contributed by atoms with van der Waals surface area (Å²) in [5, 5.41) is 16.4. The van der Waals surface area contributed by atoms with Crippen LogP contribution in [0.1, 0.15) is 43.2 Å². The van der Waals surface area contributed by atoms with Crippen LogP contribution in [0.3, 0.4) is 0 Å². The van der Waals surface area contributed by atoms with Crippen LogP contribution >= 0.6 is 11.3 Å². The van der Waals surface area contributed by atoms with Gasteiger partial charge in [0.2, 0.25) is 10.9 Å². The van der Waals surface area contributed by atoms with Gasteiger partial charge in [-0.05, 0) is 27.7 Å². The molecular formula is C12H19N3O3S. The van der Waals surface area contributed by atoms with Gasteiger partial charge in [0, 0.05) is 17.5 Å². The van der Waals surface area contributed by atoms with Gasteiger partial charge in [0.15, 0.2) is 0 Å². The Morgan fingerprint density at radius 2 is 2.11 bits per heavy atom. The molecule has 0 bridgehead atoms. The van der Waals surface area contributed by atoms with Gasteiger partial charge in [-0.2, -0.15) is 0 Å². The van der Waals surface area contributed by atoms with Crippen LogP contribution < -0.4 is 10.6 Å². The summed E-state index contributed by atoms with van der Waals surface area (Å²) in [7, 11) is 0. The molecule has 19 heavy (non-hydrogen) atoms. The second-order valence-corrected chi connectivity index (χ2v) is 6.15. The van der Waals surface area contributed by atoms with E-state index in [0.29, 0.717) is 12.2 Å². The maximum atomic E-state index is 11.8. The highest BCUT2D eigenvalue weighted by atomic mass is 32.1. The van der Waals surface area contributed by atoms with Gasteiger partial charge in [-0.25, -0.2) is 9.78 Å². The van der Waals surface area contributed by atoms with Crippen molar-refractivity contribution in [3.8, 4) is 0 Å². The second kappa shape index (κ2) is 6.12. The minimum atomic E-state index is -1.03. The molecule has 0 fully saturated rings. The van der Waals surface area contributed by atoms with Gasteiger partial charge >= 0.3 is 5.97 Å². The fraction of sp³-hybridized carbons (Fsp3) is 0.583. The molecule has 1 rings (SSSR count). The maximum absolute atomic E-state index is 11.8. The van der Waals surface area contributed by atoms with E-state index in [9.17, 15) is 9.59 Å². The lowest BCUT2D eigenvalue weighted by Gasteiger charge is -2.23. The summed E-state index contributed by atoms with van der Waals surface area (Å²) in [5.74, 6) is -1.13. The van der Waals surface area contributed by atoms with Crippen molar-refractivity contribution < 1.29 is 14.7 Å². The molecule has 106 valence electrons. The van der Waals surface area contributed by atoms with Gasteiger partial charge in [-0.3, -0.25) is 4.79 Å². The molecule has 0 aromatic carbocycles. The topological polar surface area (TPSA) is 91.3 Å². The van der Waals surface area contributed by atoms with Crippen LogP contribution in [0.2, 0.25) is 0 Å². The fourth-order valence-corrected chi connectivity index (χ4v) is 1.97. The Hall–Kier alpha value is -1.47. The highest BCUT2D eigenvalue weighted by Gasteiger charge is 2.19. The standard InChI is InChI=1S/C12H19N3O3S/c1-7(9(16)15-12(2,3)4)13-5-8-6-19-10(14-8)11(17)18/h6-7,13H,5H2,1-4H3,(H,15,16)(H,17,18). The summed E-state index contributed by atoms with van der Waals surface area (Å²) >= 11 is 1.08. The number of hydrogen-bond donors (Lipinski definition) is 3. The van der Waals surface area contributed by atoms with Crippen molar-refractivity contribution >= 4 is 23.2 Å². The van der Waals surface area contributed by atoms with Crippen LogP contribution in [-0.4, -0.2) is 33.5 Å². The number of carboxylic acid groups (broad SMARTS) is 1. The number of nitrogens with zero attached hydrogens (tertiary/aromatic N) is 1. The molecule has 3 N–H and O–H groups in total. The van der Waals surface area contributed by atoms with E-state index in [1.54, 1.807) is 12.3 Å². The number of rotatable bonds is 5. The van der Waals surface area contributed by atoms with Gasteiger partial charge < -0.3 is 15.7 Å². The van der Waals surface area contributed by atoms with Crippen LogP contribution in [0.15, 0.2) is 5.38 Å². The number of aromatic carboxylic acids is 1. The zero-order chi connectivity index (χ0) is 14.6. The highest BCUT2D eigenvalue weighted by Crippen LogP contribution is 2.09. The first-order valence-electron chi connectivity index (χ1n) is 5.92. The summed E-state index contributed by atoms with van der Waals surface area (Å²) in [5.41, 5.74) is 0.349. The van der Waals surface area contributed by atoms with E-state index in [2.05, 4.69) is 15.6 Å². The van der Waals surface area contributed by atoms with E-state index in [0.717, 1.165) is 11.3 Å². The molecule has 0 aliphatic rings. The Kier molecular flexibility index (Phi) is 5.02. The third-order valence-electron chi connectivity index (χ3n) is 2.22. The molecule has 1 unspecified atom stereocenters. The summed E-state index contributed by atoms with van der Waals surface area (Å²) in [6.45, 7) is 7.86. The smallest absolute Gasteiger partial charge is 0.365 e. The number of hydrogen-bond acceptors (Lipinski definition) is 5. The number of carbonyl (C=O) groups is 2. The third kappa shape index (κ3) is 5.35. The van der Waals surface area contributed by atoms with Crippen molar-refractivity contribution in [3.63, 3.8) is 0 Å². The molecule has 1 aromatic heterocycles. The summed E-state index contributed by atoms with van der Waals surface area (Å²) < 4.78 is 0. The molecule has 1 amide bonds. The van der Waals surface area contributed by atoms with Crippen molar-refractivity contribution in [1.29, 1.82) is 0 Å². The fourth-order valence-electron chi connectivity index (χ4n) is 1.31. The first-order chi connectivity index (χ1) is 8.69. The second-order valence-electron chi connectivity index (χ2n) is 5.29.